The topological polar surface area (TPSA) is 76.7 Å². The molecule has 0 spiro atoms. The maximum Gasteiger partial charge on any atom is 0.249 e. The largest absolute Gasteiger partial charge is 0.419 e. The zero-order chi connectivity index (χ0) is 13.8. The highest BCUT2D eigenvalue weighted by molar-refractivity contribution is 5.55. The Morgan fingerprint density at radius 2 is 2.00 bits per heavy atom. The van der Waals surface area contributed by atoms with Crippen molar-refractivity contribution in [3.63, 3.8) is 0 Å². The summed E-state index contributed by atoms with van der Waals surface area (Å²) in [5.74, 6) is 1.09. The van der Waals surface area contributed by atoms with Gasteiger partial charge >= 0.3 is 0 Å². The molecule has 2 aromatic rings. The lowest BCUT2D eigenvalue weighted by Gasteiger charge is -2.07. The van der Waals surface area contributed by atoms with Gasteiger partial charge in [-0.05, 0) is 39.8 Å². The Labute approximate surface area is 112 Å². The number of aryl methyl sites for hydroxylation is 2. The lowest BCUT2D eigenvalue weighted by atomic mass is 10.2. The molecule has 0 saturated heterocycles. The maximum atomic E-state index is 5.71. The second-order valence-electron chi connectivity index (χ2n) is 4.61. The van der Waals surface area contributed by atoms with Gasteiger partial charge in [-0.15, -0.1) is 10.2 Å². The molecule has 1 atom stereocenters. The van der Waals surface area contributed by atoms with Gasteiger partial charge in [0, 0.05) is 0 Å². The molecule has 0 aliphatic heterocycles. The van der Waals surface area contributed by atoms with Crippen LogP contribution in [0.3, 0.4) is 0 Å². The third kappa shape index (κ3) is 3.14. The minimum atomic E-state index is 0.0531. The molecule has 0 fully saturated rings. The molecule has 19 heavy (non-hydrogen) atoms. The van der Waals surface area contributed by atoms with E-state index in [2.05, 4.69) is 32.6 Å². The lowest BCUT2D eigenvalue weighted by Crippen LogP contribution is -2.19. The summed E-state index contributed by atoms with van der Waals surface area (Å²) < 4.78 is 5.71. The van der Waals surface area contributed by atoms with Crippen molar-refractivity contribution >= 4 is 0 Å². The van der Waals surface area contributed by atoms with Gasteiger partial charge in [-0.2, -0.15) is 10.2 Å². The van der Waals surface area contributed by atoms with E-state index in [4.69, 9.17) is 4.42 Å². The Morgan fingerprint density at radius 3 is 2.74 bits per heavy atom. The molecule has 0 bridgehead atoms. The van der Waals surface area contributed by atoms with Crippen molar-refractivity contribution in [1.82, 2.24) is 25.7 Å². The predicted octanol–water partition coefficient (Wildman–Crippen LogP) is 2.20. The van der Waals surface area contributed by atoms with Crippen molar-refractivity contribution in [2.75, 3.05) is 6.54 Å². The third-order valence-corrected chi connectivity index (χ3v) is 2.84. The molecule has 6 heteroatoms. The molecule has 6 nitrogen and oxygen atoms in total. The normalized spacial score (nSPS) is 12.6. The first-order chi connectivity index (χ1) is 9.11. The van der Waals surface area contributed by atoms with E-state index in [9.17, 15) is 0 Å². The molecule has 0 radical (unpaired) electrons. The van der Waals surface area contributed by atoms with Gasteiger partial charge in [-0.3, -0.25) is 0 Å². The molecule has 0 aliphatic rings. The summed E-state index contributed by atoms with van der Waals surface area (Å²) in [6, 6.07) is 1.96. The van der Waals surface area contributed by atoms with E-state index in [1.165, 1.54) is 0 Å². The van der Waals surface area contributed by atoms with Gasteiger partial charge in [0.05, 0.1) is 23.0 Å². The quantitative estimate of drug-likeness (QED) is 0.889. The fraction of sp³-hybridized carbons (Fsp3) is 0.538. The molecule has 0 amide bonds. The molecular formula is C13H19N5O. The zero-order valence-electron chi connectivity index (χ0n) is 11.8. The van der Waals surface area contributed by atoms with Crippen LogP contribution in [0.25, 0.3) is 11.5 Å². The Morgan fingerprint density at radius 1 is 1.21 bits per heavy atom. The lowest BCUT2D eigenvalue weighted by molar-refractivity contribution is 0.423. The highest BCUT2D eigenvalue weighted by Gasteiger charge is 2.16. The summed E-state index contributed by atoms with van der Waals surface area (Å²) in [7, 11) is 0. The van der Waals surface area contributed by atoms with Crippen molar-refractivity contribution in [3.05, 3.63) is 23.3 Å². The van der Waals surface area contributed by atoms with Gasteiger partial charge in [-0.25, -0.2) is 0 Å². The highest BCUT2D eigenvalue weighted by atomic mass is 16.4. The number of aromatic nitrogens is 4. The number of hydrogen-bond donors (Lipinski definition) is 1. The first-order valence-corrected chi connectivity index (χ1v) is 6.50. The fourth-order valence-electron chi connectivity index (χ4n) is 1.73. The molecule has 2 aromatic heterocycles. The van der Waals surface area contributed by atoms with Gasteiger partial charge in [0.1, 0.15) is 0 Å². The zero-order valence-corrected chi connectivity index (χ0v) is 11.8. The van der Waals surface area contributed by atoms with Crippen molar-refractivity contribution in [2.24, 2.45) is 0 Å². The Hall–Kier alpha value is -1.82. The molecular weight excluding hydrogens is 242 g/mol. The van der Waals surface area contributed by atoms with Crippen LogP contribution in [0.1, 0.15) is 43.6 Å². The molecule has 2 heterocycles. The van der Waals surface area contributed by atoms with E-state index in [0.717, 1.165) is 29.9 Å². The first-order valence-electron chi connectivity index (χ1n) is 6.50. The van der Waals surface area contributed by atoms with Gasteiger partial charge in [0.25, 0.3) is 0 Å². The second kappa shape index (κ2) is 5.88. The second-order valence-corrected chi connectivity index (χ2v) is 4.61. The average Bonchev–Trinajstić information content (AvgIpc) is 2.88. The van der Waals surface area contributed by atoms with Crippen LogP contribution < -0.4 is 5.32 Å². The molecule has 0 aromatic carbocycles. The smallest absolute Gasteiger partial charge is 0.249 e. The Balaban J connectivity index is 2.23. The standard InChI is InChI=1S/C13H19N5O/c1-5-6-14-10(4)12-17-18-13(19-12)11-7-8(2)15-16-9(11)3/h7,10,14H,5-6H2,1-4H3. The van der Waals surface area contributed by atoms with E-state index in [0.29, 0.717) is 11.8 Å². The monoisotopic (exact) mass is 261 g/mol. The SMILES string of the molecule is CCCNC(C)c1nnc(-c2cc(C)nnc2C)o1. The van der Waals surface area contributed by atoms with E-state index >= 15 is 0 Å². The van der Waals surface area contributed by atoms with Crippen LogP contribution in [-0.2, 0) is 0 Å². The Kier molecular flexibility index (Phi) is 4.21. The van der Waals surface area contributed by atoms with Gasteiger partial charge in [0.2, 0.25) is 11.8 Å². The van der Waals surface area contributed by atoms with Gasteiger partial charge in [-0.1, -0.05) is 6.92 Å². The highest BCUT2D eigenvalue weighted by Crippen LogP contribution is 2.22. The maximum absolute atomic E-state index is 5.71. The molecule has 0 saturated carbocycles. The minimum Gasteiger partial charge on any atom is -0.419 e. The van der Waals surface area contributed by atoms with Crippen LogP contribution in [0.5, 0.6) is 0 Å². The average molecular weight is 261 g/mol. The summed E-state index contributed by atoms with van der Waals surface area (Å²) in [6.45, 7) is 8.82. The van der Waals surface area contributed by atoms with E-state index in [-0.39, 0.29) is 6.04 Å². The third-order valence-electron chi connectivity index (χ3n) is 2.84. The van der Waals surface area contributed by atoms with Crippen molar-refractivity contribution < 1.29 is 4.42 Å². The Bertz CT molecular complexity index is 552. The van der Waals surface area contributed by atoms with E-state index < -0.39 is 0 Å². The van der Waals surface area contributed by atoms with Crippen molar-refractivity contribution in [1.29, 1.82) is 0 Å². The minimum absolute atomic E-state index is 0.0531. The van der Waals surface area contributed by atoms with Gasteiger partial charge in [0.15, 0.2) is 0 Å². The fourth-order valence-corrected chi connectivity index (χ4v) is 1.73. The van der Waals surface area contributed by atoms with Crippen LogP contribution in [0, 0.1) is 13.8 Å². The van der Waals surface area contributed by atoms with Crippen LogP contribution in [0.4, 0.5) is 0 Å². The van der Waals surface area contributed by atoms with E-state index in [1.54, 1.807) is 0 Å². The number of nitrogens with one attached hydrogen (secondary N) is 1. The summed E-state index contributed by atoms with van der Waals surface area (Å²) in [6.07, 6.45) is 1.07. The van der Waals surface area contributed by atoms with Gasteiger partial charge < -0.3 is 9.73 Å². The van der Waals surface area contributed by atoms with Crippen molar-refractivity contribution in [3.8, 4) is 11.5 Å². The number of nitrogens with zero attached hydrogens (tertiary/aromatic N) is 4. The molecule has 0 aliphatic carbocycles. The molecule has 1 unspecified atom stereocenters. The summed E-state index contributed by atoms with van der Waals surface area (Å²) >= 11 is 0. The predicted molar refractivity (Wildman–Crippen MR) is 71.5 cm³/mol. The summed E-state index contributed by atoms with van der Waals surface area (Å²) in [5, 5.41) is 19.6. The number of rotatable bonds is 5. The van der Waals surface area contributed by atoms with Crippen LogP contribution in [0.15, 0.2) is 10.5 Å². The molecule has 1 N–H and O–H groups in total. The van der Waals surface area contributed by atoms with E-state index in [1.807, 2.05) is 26.8 Å². The summed E-state index contributed by atoms with van der Waals surface area (Å²) in [5.41, 5.74) is 2.46. The molecule has 102 valence electrons. The summed E-state index contributed by atoms with van der Waals surface area (Å²) in [4.78, 5) is 0. The van der Waals surface area contributed by atoms with Crippen LogP contribution in [0.2, 0.25) is 0 Å². The van der Waals surface area contributed by atoms with Crippen LogP contribution in [-0.4, -0.2) is 26.9 Å². The first kappa shape index (κ1) is 13.6. The molecule has 2 rings (SSSR count). The van der Waals surface area contributed by atoms with Crippen LogP contribution >= 0.6 is 0 Å². The number of hydrogen-bond acceptors (Lipinski definition) is 6. The van der Waals surface area contributed by atoms with Crippen molar-refractivity contribution in [2.45, 2.75) is 40.2 Å².